The van der Waals surface area contributed by atoms with E-state index >= 15 is 0 Å². The van der Waals surface area contributed by atoms with Gasteiger partial charge in [0.1, 0.15) is 17.4 Å². The Hall–Kier alpha value is -1.11. The molecule has 0 fully saturated rings. The molecule has 0 spiro atoms. The molecule has 1 aromatic heterocycles. The quantitative estimate of drug-likeness (QED) is 0.845. The number of anilines is 1. The van der Waals surface area contributed by atoms with Crippen molar-refractivity contribution in [3.05, 3.63) is 51.0 Å². The first kappa shape index (κ1) is 12.3. The Balaban J connectivity index is 2.11. The fourth-order valence-corrected chi connectivity index (χ4v) is 1.87. The molecule has 1 aromatic carbocycles. The lowest BCUT2D eigenvalue weighted by Crippen LogP contribution is -2.02. The van der Waals surface area contributed by atoms with Crippen molar-refractivity contribution in [2.45, 2.75) is 13.5 Å². The number of hydrogen-bond donors (Lipinski definition) is 1. The van der Waals surface area contributed by atoms with Gasteiger partial charge in [0.15, 0.2) is 3.77 Å². The van der Waals surface area contributed by atoms with Crippen molar-refractivity contribution in [3.63, 3.8) is 0 Å². The zero-order valence-corrected chi connectivity index (χ0v) is 11.2. The third kappa shape index (κ3) is 2.96. The maximum Gasteiger partial charge on any atom is 0.164 e. The lowest BCUT2D eigenvalue weighted by Gasteiger charge is -2.07. The summed E-state index contributed by atoms with van der Waals surface area (Å²) in [5.74, 6) is -0.220. The van der Waals surface area contributed by atoms with Crippen LogP contribution in [0.1, 0.15) is 11.3 Å². The Bertz CT molecular complexity index is 539. The molecule has 2 aromatic rings. The summed E-state index contributed by atoms with van der Waals surface area (Å²) in [6.07, 6.45) is 0. The molecule has 5 heteroatoms. The molecule has 2 rings (SSSR count). The van der Waals surface area contributed by atoms with Crippen LogP contribution in [-0.2, 0) is 6.54 Å². The van der Waals surface area contributed by atoms with E-state index in [-0.39, 0.29) is 5.69 Å². The maximum absolute atomic E-state index is 13.5. The molecule has 0 saturated heterocycles. The van der Waals surface area contributed by atoms with Crippen molar-refractivity contribution in [2.24, 2.45) is 0 Å². The van der Waals surface area contributed by atoms with Crippen LogP contribution in [0.25, 0.3) is 0 Å². The fraction of sp³-hybridized carbons (Fsp3) is 0.167. The van der Waals surface area contributed by atoms with Crippen molar-refractivity contribution < 1.29 is 13.2 Å². The molecule has 0 radical (unpaired) electrons. The Morgan fingerprint density at radius 2 is 2.00 bits per heavy atom. The van der Waals surface area contributed by atoms with Gasteiger partial charge in [-0.25, -0.2) is 8.78 Å². The summed E-state index contributed by atoms with van der Waals surface area (Å²) < 4.78 is 32.8. The van der Waals surface area contributed by atoms with Crippen molar-refractivity contribution in [1.82, 2.24) is 0 Å². The number of rotatable bonds is 3. The lowest BCUT2D eigenvalue weighted by molar-refractivity contribution is 0.492. The van der Waals surface area contributed by atoms with E-state index in [4.69, 9.17) is 4.42 Å². The van der Waals surface area contributed by atoms with Crippen LogP contribution in [-0.4, -0.2) is 0 Å². The van der Waals surface area contributed by atoms with E-state index in [1.807, 2.05) is 28.7 Å². The van der Waals surface area contributed by atoms with Crippen LogP contribution in [0.5, 0.6) is 0 Å². The van der Waals surface area contributed by atoms with Crippen LogP contribution in [0.15, 0.2) is 28.7 Å². The van der Waals surface area contributed by atoms with E-state index in [2.05, 4.69) is 5.32 Å². The average molecular weight is 349 g/mol. The summed E-state index contributed by atoms with van der Waals surface area (Å²) >= 11 is 2.04. The van der Waals surface area contributed by atoms with E-state index < -0.39 is 11.6 Å². The summed E-state index contributed by atoms with van der Waals surface area (Å²) in [5.41, 5.74) is 0.431. The van der Waals surface area contributed by atoms with Gasteiger partial charge < -0.3 is 9.73 Å². The van der Waals surface area contributed by atoms with E-state index in [0.717, 1.165) is 9.83 Å². The van der Waals surface area contributed by atoms with E-state index in [9.17, 15) is 8.78 Å². The van der Waals surface area contributed by atoms with Gasteiger partial charge in [0.25, 0.3) is 0 Å². The van der Waals surface area contributed by atoms with Gasteiger partial charge in [-0.05, 0) is 53.3 Å². The number of furan rings is 1. The highest BCUT2D eigenvalue weighted by molar-refractivity contribution is 14.1. The zero-order valence-electron chi connectivity index (χ0n) is 9.06. The van der Waals surface area contributed by atoms with Gasteiger partial charge in [-0.1, -0.05) is 0 Å². The van der Waals surface area contributed by atoms with E-state index in [1.165, 1.54) is 13.0 Å². The highest BCUT2D eigenvalue weighted by atomic mass is 127. The molecule has 90 valence electrons. The van der Waals surface area contributed by atoms with Crippen LogP contribution in [0, 0.1) is 22.3 Å². The lowest BCUT2D eigenvalue weighted by atomic mass is 10.2. The summed E-state index contributed by atoms with van der Waals surface area (Å²) in [6, 6.07) is 5.92. The molecule has 0 saturated carbocycles. The van der Waals surface area contributed by atoms with Crippen LogP contribution in [0.3, 0.4) is 0 Å². The number of hydrogen-bond acceptors (Lipinski definition) is 2. The minimum Gasteiger partial charge on any atom is -0.454 e. The van der Waals surface area contributed by atoms with Crippen LogP contribution in [0.2, 0.25) is 0 Å². The molecule has 0 atom stereocenters. The first-order valence-electron chi connectivity index (χ1n) is 5.00. The van der Waals surface area contributed by atoms with Gasteiger partial charge in [-0.15, -0.1) is 0 Å². The van der Waals surface area contributed by atoms with Crippen LogP contribution in [0.4, 0.5) is 14.5 Å². The second-order valence-electron chi connectivity index (χ2n) is 3.64. The van der Waals surface area contributed by atoms with Crippen molar-refractivity contribution in [2.75, 3.05) is 5.32 Å². The third-order valence-corrected chi connectivity index (χ3v) is 2.91. The maximum atomic E-state index is 13.5. The molecule has 0 aliphatic carbocycles. The average Bonchev–Trinajstić information content (AvgIpc) is 2.68. The second-order valence-corrected chi connectivity index (χ2v) is 4.70. The molecule has 17 heavy (non-hydrogen) atoms. The van der Waals surface area contributed by atoms with Crippen molar-refractivity contribution in [1.29, 1.82) is 0 Å². The van der Waals surface area contributed by atoms with Gasteiger partial charge >= 0.3 is 0 Å². The predicted octanol–water partition coefficient (Wildman–Crippen LogP) is 4.08. The Kier molecular flexibility index (Phi) is 3.66. The molecule has 1 heterocycles. The normalized spacial score (nSPS) is 10.6. The molecule has 0 aliphatic rings. The van der Waals surface area contributed by atoms with Crippen LogP contribution < -0.4 is 5.32 Å². The zero-order chi connectivity index (χ0) is 12.4. The molecule has 0 bridgehead atoms. The fourth-order valence-electron chi connectivity index (χ4n) is 1.41. The second kappa shape index (κ2) is 5.03. The smallest absolute Gasteiger partial charge is 0.164 e. The van der Waals surface area contributed by atoms with Gasteiger partial charge in [0, 0.05) is 6.07 Å². The monoisotopic (exact) mass is 349 g/mol. The molecule has 1 N–H and O–H groups in total. The van der Waals surface area contributed by atoms with Crippen LogP contribution >= 0.6 is 22.6 Å². The minimum absolute atomic E-state index is 0.138. The van der Waals surface area contributed by atoms with Crippen molar-refractivity contribution in [3.8, 4) is 0 Å². The summed E-state index contributed by atoms with van der Waals surface area (Å²) in [5, 5.41) is 2.80. The van der Waals surface area contributed by atoms with Crippen molar-refractivity contribution >= 4 is 28.3 Å². The van der Waals surface area contributed by atoms with Gasteiger partial charge in [-0.2, -0.15) is 0 Å². The topological polar surface area (TPSA) is 25.2 Å². The molecule has 0 amide bonds. The van der Waals surface area contributed by atoms with E-state index in [1.54, 1.807) is 6.07 Å². The molecular weight excluding hydrogens is 339 g/mol. The Labute approximate surface area is 111 Å². The number of benzene rings is 1. The Morgan fingerprint density at radius 3 is 2.65 bits per heavy atom. The number of aryl methyl sites for hydroxylation is 1. The van der Waals surface area contributed by atoms with Gasteiger partial charge in [0.2, 0.25) is 0 Å². The molecule has 0 aliphatic heterocycles. The highest BCUT2D eigenvalue weighted by Gasteiger charge is 2.07. The largest absolute Gasteiger partial charge is 0.454 e. The highest BCUT2D eigenvalue weighted by Crippen LogP contribution is 2.20. The Morgan fingerprint density at radius 1 is 1.24 bits per heavy atom. The minimum atomic E-state index is -0.467. The van der Waals surface area contributed by atoms with Gasteiger partial charge in [0.05, 0.1) is 12.2 Å². The number of nitrogens with one attached hydrogen (secondary N) is 1. The molecular formula is C12H10F2INO. The summed E-state index contributed by atoms with van der Waals surface area (Å²) in [7, 11) is 0. The SMILES string of the molecule is Cc1cc(F)c(NCc2ccc(I)o2)cc1F. The molecule has 2 nitrogen and oxygen atoms in total. The predicted molar refractivity (Wildman–Crippen MR) is 69.8 cm³/mol. The van der Waals surface area contributed by atoms with Gasteiger partial charge in [-0.3, -0.25) is 0 Å². The molecule has 0 unspecified atom stereocenters. The first-order chi connectivity index (χ1) is 8.06. The van der Waals surface area contributed by atoms with E-state index in [0.29, 0.717) is 17.9 Å². The third-order valence-electron chi connectivity index (χ3n) is 2.33. The standard InChI is InChI=1S/C12H10F2INO/c1-7-4-10(14)11(5-9(7)13)16-6-8-2-3-12(15)17-8/h2-5,16H,6H2,1H3. The summed E-state index contributed by atoms with van der Waals surface area (Å²) in [6.45, 7) is 1.85. The number of halogens is 3. The first-order valence-corrected chi connectivity index (χ1v) is 6.08. The summed E-state index contributed by atoms with van der Waals surface area (Å²) in [4.78, 5) is 0.